The Kier molecular flexibility index (Phi) is 4.06. The van der Waals surface area contributed by atoms with E-state index in [1.54, 1.807) is 12.1 Å². The highest BCUT2D eigenvalue weighted by Crippen LogP contribution is 2.34. The largest absolute Gasteiger partial charge is 0.396 e. The summed E-state index contributed by atoms with van der Waals surface area (Å²) in [5.41, 5.74) is 0.975. The number of halogens is 1. The molecule has 1 aromatic rings. The molecule has 0 radical (unpaired) electrons. The van der Waals surface area contributed by atoms with Crippen LogP contribution in [-0.4, -0.2) is 49.0 Å². The summed E-state index contributed by atoms with van der Waals surface area (Å²) in [6.45, 7) is 3.33. The summed E-state index contributed by atoms with van der Waals surface area (Å²) in [7, 11) is 0. The lowest BCUT2D eigenvalue weighted by molar-refractivity contribution is -0.149. The van der Waals surface area contributed by atoms with E-state index in [0.29, 0.717) is 19.3 Å². The Morgan fingerprint density at radius 3 is 2.70 bits per heavy atom. The Morgan fingerprint density at radius 1 is 1.35 bits per heavy atom. The van der Waals surface area contributed by atoms with E-state index in [4.69, 9.17) is 4.74 Å². The second-order valence-electron chi connectivity index (χ2n) is 6.23. The minimum Gasteiger partial charge on any atom is -0.396 e. The van der Waals surface area contributed by atoms with E-state index < -0.39 is 0 Å². The fraction of sp³-hybridized carbons (Fsp3) is 0.625. The monoisotopic (exact) mass is 279 g/mol. The maximum absolute atomic E-state index is 13.2. The first-order valence-corrected chi connectivity index (χ1v) is 7.38. The molecule has 4 heteroatoms. The van der Waals surface area contributed by atoms with Crippen LogP contribution < -0.4 is 0 Å². The summed E-state index contributed by atoms with van der Waals surface area (Å²) in [4.78, 5) is 2.45. The number of aliphatic hydroxyl groups is 1. The number of rotatable bonds is 7. The maximum Gasteiger partial charge on any atom is 0.123 e. The van der Waals surface area contributed by atoms with E-state index in [-0.39, 0.29) is 17.8 Å². The van der Waals surface area contributed by atoms with E-state index in [2.05, 4.69) is 4.90 Å². The molecule has 3 rings (SSSR count). The number of hydrogen-bond acceptors (Lipinski definition) is 3. The minimum atomic E-state index is -0.167. The van der Waals surface area contributed by atoms with Gasteiger partial charge in [0, 0.05) is 19.1 Å². The summed E-state index contributed by atoms with van der Waals surface area (Å²) >= 11 is 0. The molecule has 1 saturated heterocycles. The van der Waals surface area contributed by atoms with Crippen molar-refractivity contribution in [2.24, 2.45) is 5.41 Å². The Labute approximate surface area is 119 Å². The van der Waals surface area contributed by atoms with E-state index in [0.717, 1.165) is 25.1 Å². The van der Waals surface area contributed by atoms with Crippen LogP contribution in [0.4, 0.5) is 4.39 Å². The fourth-order valence-corrected chi connectivity index (χ4v) is 2.85. The first kappa shape index (κ1) is 14.0. The van der Waals surface area contributed by atoms with Crippen molar-refractivity contribution in [2.45, 2.75) is 25.3 Å². The quantitative estimate of drug-likeness (QED) is 0.826. The molecule has 1 saturated carbocycles. The zero-order valence-corrected chi connectivity index (χ0v) is 11.7. The van der Waals surface area contributed by atoms with Crippen LogP contribution in [-0.2, 0) is 11.2 Å². The molecular formula is C16H22FNO2. The van der Waals surface area contributed by atoms with Gasteiger partial charge in [0.1, 0.15) is 5.82 Å². The molecule has 0 atom stereocenters. The van der Waals surface area contributed by atoms with Gasteiger partial charge >= 0.3 is 0 Å². The topological polar surface area (TPSA) is 32.7 Å². The van der Waals surface area contributed by atoms with Crippen LogP contribution in [0.25, 0.3) is 0 Å². The van der Waals surface area contributed by atoms with Gasteiger partial charge in [0.2, 0.25) is 0 Å². The van der Waals surface area contributed by atoms with Crippen molar-refractivity contribution in [2.75, 3.05) is 32.9 Å². The molecule has 0 spiro atoms. The highest BCUT2D eigenvalue weighted by Gasteiger charge is 2.42. The van der Waals surface area contributed by atoms with Crippen molar-refractivity contribution >= 4 is 0 Å². The summed E-state index contributed by atoms with van der Waals surface area (Å²) in [6, 6.07) is 7.48. The Bertz CT molecular complexity index is 452. The molecule has 1 N–H and O–H groups in total. The Morgan fingerprint density at radius 2 is 2.15 bits per heavy atom. The first-order chi connectivity index (χ1) is 9.71. The van der Waals surface area contributed by atoms with Crippen molar-refractivity contribution in [1.29, 1.82) is 0 Å². The van der Waals surface area contributed by atoms with Gasteiger partial charge in [-0.3, -0.25) is 4.90 Å². The summed E-state index contributed by atoms with van der Waals surface area (Å²) in [6.07, 6.45) is 3.34. The molecular weight excluding hydrogens is 257 g/mol. The molecule has 0 aromatic heterocycles. The van der Waals surface area contributed by atoms with Gasteiger partial charge in [0.05, 0.1) is 25.2 Å². The lowest BCUT2D eigenvalue weighted by Crippen LogP contribution is -2.54. The van der Waals surface area contributed by atoms with Gasteiger partial charge in [-0.15, -0.1) is 0 Å². The third kappa shape index (κ3) is 3.19. The lowest BCUT2D eigenvalue weighted by atomic mass is 9.86. The van der Waals surface area contributed by atoms with Crippen LogP contribution in [0.2, 0.25) is 0 Å². The summed E-state index contributed by atoms with van der Waals surface area (Å²) in [5, 5.41) is 9.55. The molecule has 0 amide bonds. The predicted molar refractivity (Wildman–Crippen MR) is 75.0 cm³/mol. The standard InChI is InChI=1S/C16H22FNO2/c17-14-3-1-2-13(8-14)6-7-18(15-4-5-15)9-16(10-19)11-20-12-16/h1-3,8,15,19H,4-7,9-12H2. The molecule has 0 unspecified atom stereocenters. The van der Waals surface area contributed by atoms with Crippen LogP contribution in [0.1, 0.15) is 18.4 Å². The molecule has 110 valence electrons. The molecule has 2 fully saturated rings. The minimum absolute atomic E-state index is 0.0650. The van der Waals surface area contributed by atoms with Crippen molar-refractivity contribution < 1.29 is 14.2 Å². The molecule has 0 bridgehead atoms. The average molecular weight is 279 g/mol. The summed E-state index contributed by atoms with van der Waals surface area (Å²) in [5.74, 6) is -0.167. The molecule has 3 nitrogen and oxygen atoms in total. The van der Waals surface area contributed by atoms with Gasteiger partial charge < -0.3 is 9.84 Å². The van der Waals surface area contributed by atoms with E-state index >= 15 is 0 Å². The van der Waals surface area contributed by atoms with Crippen molar-refractivity contribution in [1.82, 2.24) is 4.90 Å². The van der Waals surface area contributed by atoms with Gasteiger partial charge in [0.15, 0.2) is 0 Å². The molecule has 20 heavy (non-hydrogen) atoms. The summed E-state index contributed by atoms with van der Waals surface area (Å²) < 4.78 is 18.5. The third-order valence-corrected chi connectivity index (χ3v) is 4.33. The third-order valence-electron chi connectivity index (χ3n) is 4.33. The zero-order chi connectivity index (χ0) is 14.0. The zero-order valence-electron chi connectivity index (χ0n) is 11.7. The van der Waals surface area contributed by atoms with Crippen LogP contribution in [0.5, 0.6) is 0 Å². The second-order valence-corrected chi connectivity index (χ2v) is 6.23. The van der Waals surface area contributed by atoms with Gasteiger partial charge in [0.25, 0.3) is 0 Å². The van der Waals surface area contributed by atoms with Crippen LogP contribution >= 0.6 is 0 Å². The average Bonchev–Trinajstić information content (AvgIpc) is 3.22. The van der Waals surface area contributed by atoms with Crippen molar-refractivity contribution in [3.63, 3.8) is 0 Å². The molecule has 1 aliphatic heterocycles. The van der Waals surface area contributed by atoms with Crippen LogP contribution in [0, 0.1) is 11.2 Å². The number of hydrogen-bond donors (Lipinski definition) is 1. The van der Waals surface area contributed by atoms with Gasteiger partial charge in [-0.05, 0) is 37.0 Å². The van der Waals surface area contributed by atoms with Gasteiger partial charge in [-0.2, -0.15) is 0 Å². The highest BCUT2D eigenvalue weighted by molar-refractivity contribution is 5.16. The highest BCUT2D eigenvalue weighted by atomic mass is 19.1. The van der Waals surface area contributed by atoms with E-state index in [9.17, 15) is 9.50 Å². The predicted octanol–water partition coefficient (Wildman–Crippen LogP) is 1.84. The van der Waals surface area contributed by atoms with Gasteiger partial charge in [-0.1, -0.05) is 12.1 Å². The number of benzene rings is 1. The number of nitrogens with zero attached hydrogens (tertiary/aromatic N) is 1. The van der Waals surface area contributed by atoms with Crippen molar-refractivity contribution in [3.8, 4) is 0 Å². The SMILES string of the molecule is OCC1(CN(CCc2cccc(F)c2)C2CC2)COC1. The Hall–Kier alpha value is -0.970. The number of ether oxygens (including phenoxy) is 1. The molecule has 1 heterocycles. The Balaban J connectivity index is 1.57. The smallest absolute Gasteiger partial charge is 0.123 e. The van der Waals surface area contributed by atoms with Crippen LogP contribution in [0.15, 0.2) is 24.3 Å². The number of aliphatic hydroxyl groups excluding tert-OH is 1. The lowest BCUT2D eigenvalue weighted by Gasteiger charge is -2.43. The second kappa shape index (κ2) is 5.80. The van der Waals surface area contributed by atoms with Crippen molar-refractivity contribution in [3.05, 3.63) is 35.6 Å². The molecule has 1 aliphatic carbocycles. The van der Waals surface area contributed by atoms with E-state index in [1.807, 2.05) is 6.07 Å². The molecule has 1 aromatic carbocycles. The van der Waals surface area contributed by atoms with Gasteiger partial charge in [-0.25, -0.2) is 4.39 Å². The van der Waals surface area contributed by atoms with Crippen LogP contribution in [0.3, 0.4) is 0 Å². The fourth-order valence-electron chi connectivity index (χ4n) is 2.85. The first-order valence-electron chi connectivity index (χ1n) is 7.38. The maximum atomic E-state index is 13.2. The normalized spacial score (nSPS) is 20.9. The van der Waals surface area contributed by atoms with E-state index in [1.165, 1.54) is 18.9 Å². The molecule has 2 aliphatic rings.